The summed E-state index contributed by atoms with van der Waals surface area (Å²) < 4.78 is 13.4. The zero-order chi connectivity index (χ0) is 23.4. The first-order chi connectivity index (χ1) is 15.8. The molecule has 1 amide bonds. The van der Waals surface area contributed by atoms with Crippen molar-refractivity contribution in [2.24, 2.45) is 0 Å². The van der Waals surface area contributed by atoms with E-state index in [0.717, 1.165) is 38.0 Å². The van der Waals surface area contributed by atoms with Gasteiger partial charge in [0.1, 0.15) is 11.4 Å². The number of carbonyl (C=O) groups is 1. The highest BCUT2D eigenvalue weighted by Gasteiger charge is 2.22. The number of benzene rings is 1. The minimum absolute atomic E-state index is 0.118. The third kappa shape index (κ3) is 6.00. The molecule has 0 radical (unpaired) electrons. The fourth-order valence-corrected chi connectivity index (χ4v) is 3.99. The maximum Gasteiger partial charge on any atom is 0.253 e. The second kappa shape index (κ2) is 9.77. The smallest absolute Gasteiger partial charge is 0.253 e. The Kier molecular flexibility index (Phi) is 6.81. The number of aliphatic hydroxyl groups is 1. The molecule has 2 N–H and O–H groups in total. The maximum absolute atomic E-state index is 13.4. The fourth-order valence-electron chi connectivity index (χ4n) is 3.99. The van der Waals surface area contributed by atoms with E-state index in [4.69, 9.17) is 0 Å². The first kappa shape index (κ1) is 23.0. The maximum atomic E-state index is 13.4. The third-order valence-electron chi connectivity index (χ3n) is 5.93. The number of likely N-dealkylation sites (tertiary alicyclic amines) is 1. The van der Waals surface area contributed by atoms with Crippen molar-refractivity contribution >= 4 is 5.91 Å². The first-order valence-corrected chi connectivity index (χ1v) is 11.2. The van der Waals surface area contributed by atoms with Gasteiger partial charge in [0.2, 0.25) is 0 Å². The zero-order valence-electron chi connectivity index (χ0n) is 19.0. The Balaban J connectivity index is 1.27. The van der Waals surface area contributed by atoms with Crippen LogP contribution < -0.4 is 5.32 Å². The van der Waals surface area contributed by atoms with Crippen LogP contribution in [0, 0.1) is 5.82 Å². The summed E-state index contributed by atoms with van der Waals surface area (Å²) in [4.78, 5) is 23.7. The molecular weight excluding hydrogens is 419 g/mol. The van der Waals surface area contributed by atoms with Crippen LogP contribution in [-0.2, 0) is 12.1 Å². The fraction of sp³-hybridized carbons (Fsp3) is 0.346. The van der Waals surface area contributed by atoms with E-state index in [9.17, 15) is 14.3 Å². The molecule has 7 heteroatoms. The summed E-state index contributed by atoms with van der Waals surface area (Å²) in [6, 6.07) is 13.7. The SMILES string of the molecule is CC(C)(O)c1ccc(CN2CCC(NC(=O)c3ccc(-c4cccc(F)c4)nc3)CC2)cn1. The number of halogens is 1. The van der Waals surface area contributed by atoms with E-state index in [0.29, 0.717) is 22.5 Å². The molecule has 0 bridgehead atoms. The van der Waals surface area contributed by atoms with E-state index in [1.54, 1.807) is 38.1 Å². The van der Waals surface area contributed by atoms with Crippen LogP contribution in [-0.4, -0.2) is 45.0 Å². The standard InChI is InChI=1S/C26H29FN4O2/c1-26(2,33)24-9-6-18(15-29-24)17-31-12-10-22(11-13-31)30-25(32)20-7-8-23(28-16-20)19-4-3-5-21(27)14-19/h3-9,14-16,22,33H,10-13,17H2,1-2H3,(H,30,32). The average molecular weight is 449 g/mol. The molecule has 6 nitrogen and oxygen atoms in total. The largest absolute Gasteiger partial charge is 0.384 e. The van der Waals surface area contributed by atoms with Gasteiger partial charge in [0.15, 0.2) is 0 Å². The minimum atomic E-state index is -0.940. The Labute approximate surface area is 193 Å². The second-order valence-electron chi connectivity index (χ2n) is 9.08. The monoisotopic (exact) mass is 448 g/mol. The highest BCUT2D eigenvalue weighted by atomic mass is 19.1. The van der Waals surface area contributed by atoms with Crippen molar-refractivity contribution in [3.63, 3.8) is 0 Å². The molecule has 2 aromatic heterocycles. The number of hydrogen-bond donors (Lipinski definition) is 2. The van der Waals surface area contributed by atoms with Crippen LogP contribution in [0.4, 0.5) is 4.39 Å². The molecule has 33 heavy (non-hydrogen) atoms. The summed E-state index contributed by atoms with van der Waals surface area (Å²) in [5.74, 6) is -0.456. The van der Waals surface area contributed by atoms with Crippen molar-refractivity contribution in [2.75, 3.05) is 13.1 Å². The van der Waals surface area contributed by atoms with Crippen molar-refractivity contribution in [2.45, 2.75) is 44.9 Å². The van der Waals surface area contributed by atoms with Gasteiger partial charge in [0.25, 0.3) is 5.91 Å². The Bertz CT molecular complexity index is 1090. The Hall–Kier alpha value is -3.16. The molecule has 0 saturated carbocycles. The summed E-state index contributed by atoms with van der Waals surface area (Å²) in [6.07, 6.45) is 5.10. The summed E-state index contributed by atoms with van der Waals surface area (Å²) in [5.41, 5.74) is 2.63. The molecule has 0 aliphatic carbocycles. The number of carbonyl (C=O) groups excluding carboxylic acids is 1. The van der Waals surface area contributed by atoms with Gasteiger partial charge in [-0.1, -0.05) is 18.2 Å². The van der Waals surface area contributed by atoms with Crippen molar-refractivity contribution < 1.29 is 14.3 Å². The topological polar surface area (TPSA) is 78.4 Å². The molecule has 0 unspecified atom stereocenters. The van der Waals surface area contributed by atoms with Crippen LogP contribution in [0.1, 0.15) is 48.3 Å². The van der Waals surface area contributed by atoms with Crippen LogP contribution in [0.2, 0.25) is 0 Å². The number of nitrogens with one attached hydrogen (secondary N) is 1. The second-order valence-corrected chi connectivity index (χ2v) is 9.08. The van der Waals surface area contributed by atoms with E-state index in [1.165, 1.54) is 18.3 Å². The molecular formula is C26H29FN4O2. The quantitative estimate of drug-likeness (QED) is 0.598. The number of aromatic nitrogens is 2. The highest BCUT2D eigenvalue weighted by molar-refractivity contribution is 5.94. The van der Waals surface area contributed by atoms with E-state index >= 15 is 0 Å². The van der Waals surface area contributed by atoms with Gasteiger partial charge in [-0.25, -0.2) is 4.39 Å². The van der Waals surface area contributed by atoms with Crippen molar-refractivity contribution in [3.05, 3.63) is 83.6 Å². The van der Waals surface area contributed by atoms with Crippen molar-refractivity contribution in [1.82, 2.24) is 20.2 Å². The molecule has 1 aliphatic heterocycles. The minimum Gasteiger partial charge on any atom is -0.384 e. The lowest BCUT2D eigenvalue weighted by Gasteiger charge is -2.32. The molecule has 0 spiro atoms. The highest BCUT2D eigenvalue weighted by Crippen LogP contribution is 2.20. The van der Waals surface area contributed by atoms with Crippen molar-refractivity contribution in [1.29, 1.82) is 0 Å². The molecule has 3 aromatic rings. The third-order valence-corrected chi connectivity index (χ3v) is 5.93. The van der Waals surface area contributed by atoms with Gasteiger partial charge in [-0.3, -0.25) is 19.7 Å². The number of amides is 1. The van der Waals surface area contributed by atoms with Crippen LogP contribution in [0.15, 0.2) is 60.9 Å². The summed E-state index contributed by atoms with van der Waals surface area (Å²) in [7, 11) is 0. The van der Waals surface area contributed by atoms with Crippen LogP contribution in [0.3, 0.4) is 0 Å². The number of pyridine rings is 2. The lowest BCUT2D eigenvalue weighted by molar-refractivity contribution is 0.0737. The van der Waals surface area contributed by atoms with E-state index in [-0.39, 0.29) is 17.8 Å². The summed E-state index contributed by atoms with van der Waals surface area (Å²) >= 11 is 0. The molecule has 3 heterocycles. The van der Waals surface area contributed by atoms with Crippen LogP contribution >= 0.6 is 0 Å². The zero-order valence-corrected chi connectivity index (χ0v) is 19.0. The number of nitrogens with zero attached hydrogens (tertiary/aromatic N) is 3. The van der Waals surface area contributed by atoms with Gasteiger partial charge in [-0.05, 0) is 62.6 Å². The molecule has 172 valence electrons. The van der Waals surface area contributed by atoms with Gasteiger partial charge < -0.3 is 10.4 Å². The lowest BCUT2D eigenvalue weighted by atomic mass is 10.0. The van der Waals surface area contributed by atoms with Crippen LogP contribution in [0.25, 0.3) is 11.3 Å². The summed E-state index contributed by atoms with van der Waals surface area (Å²) in [5, 5.41) is 13.1. The first-order valence-electron chi connectivity index (χ1n) is 11.2. The molecule has 4 rings (SSSR count). The van der Waals surface area contributed by atoms with Gasteiger partial charge in [-0.15, -0.1) is 0 Å². The Morgan fingerprint density at radius 2 is 1.91 bits per heavy atom. The van der Waals surface area contributed by atoms with Gasteiger partial charge >= 0.3 is 0 Å². The predicted molar refractivity (Wildman–Crippen MR) is 125 cm³/mol. The molecule has 1 aliphatic rings. The predicted octanol–water partition coefficient (Wildman–Crippen LogP) is 3.90. The van der Waals surface area contributed by atoms with Gasteiger partial charge in [-0.2, -0.15) is 0 Å². The number of hydrogen-bond acceptors (Lipinski definition) is 5. The Morgan fingerprint density at radius 3 is 2.52 bits per heavy atom. The average Bonchev–Trinajstić information content (AvgIpc) is 2.80. The van der Waals surface area contributed by atoms with Crippen LogP contribution in [0.5, 0.6) is 0 Å². The Morgan fingerprint density at radius 1 is 1.12 bits per heavy atom. The van der Waals surface area contributed by atoms with E-state index in [2.05, 4.69) is 20.2 Å². The van der Waals surface area contributed by atoms with E-state index < -0.39 is 5.60 Å². The van der Waals surface area contributed by atoms with Gasteiger partial charge in [0.05, 0.1) is 17.0 Å². The summed E-state index contributed by atoms with van der Waals surface area (Å²) in [6.45, 7) is 6.01. The molecule has 1 fully saturated rings. The lowest BCUT2D eigenvalue weighted by Crippen LogP contribution is -2.44. The number of rotatable bonds is 6. The number of piperidine rings is 1. The van der Waals surface area contributed by atoms with Gasteiger partial charge in [0, 0.05) is 43.6 Å². The molecule has 1 aromatic carbocycles. The van der Waals surface area contributed by atoms with Crippen molar-refractivity contribution in [3.8, 4) is 11.3 Å². The molecule has 0 atom stereocenters. The van der Waals surface area contributed by atoms with E-state index in [1.807, 2.05) is 18.3 Å². The normalized spacial score (nSPS) is 15.4. The molecule has 1 saturated heterocycles.